The summed E-state index contributed by atoms with van der Waals surface area (Å²) in [6.07, 6.45) is 1.70. The topological polar surface area (TPSA) is 36.7 Å². The molecule has 0 spiro atoms. The number of hydrogen-bond donors (Lipinski definition) is 0. The molecule has 0 atom stereocenters. The molecule has 2 heteroatoms. The lowest BCUT2D eigenvalue weighted by atomic mass is 9.80. The number of hydrogen-bond acceptors (Lipinski definition) is 2. The number of nitrogens with zero attached hydrogens (tertiary/aromatic N) is 2. The fraction of sp³-hybridized carbons (Fsp3) is 0.120. The van der Waals surface area contributed by atoms with E-state index in [-0.39, 0.29) is 5.41 Å². The van der Waals surface area contributed by atoms with E-state index in [1.807, 2.05) is 6.07 Å². The summed E-state index contributed by atoms with van der Waals surface area (Å²) in [7, 11) is 0. The maximum absolute atomic E-state index is 9.19. The molecular weight excluding hydrogens is 328 g/mol. The Hall–Kier alpha value is -3.44. The zero-order valence-corrected chi connectivity index (χ0v) is 15.3. The summed E-state index contributed by atoms with van der Waals surface area (Å²) < 4.78 is 0. The van der Waals surface area contributed by atoms with Crippen molar-refractivity contribution in [1.82, 2.24) is 4.98 Å². The van der Waals surface area contributed by atoms with Crippen molar-refractivity contribution >= 4 is 10.8 Å². The van der Waals surface area contributed by atoms with Crippen LogP contribution in [0.3, 0.4) is 0 Å². The Labute approximate surface area is 158 Å². The second-order valence-electron chi connectivity index (χ2n) is 7.64. The van der Waals surface area contributed by atoms with E-state index in [0.29, 0.717) is 5.56 Å². The van der Waals surface area contributed by atoms with E-state index >= 15 is 0 Å². The van der Waals surface area contributed by atoms with E-state index in [9.17, 15) is 5.26 Å². The molecule has 0 amide bonds. The minimum absolute atomic E-state index is 0.0889. The Kier molecular flexibility index (Phi) is 3.23. The van der Waals surface area contributed by atoms with Crippen molar-refractivity contribution in [3.63, 3.8) is 0 Å². The van der Waals surface area contributed by atoms with Gasteiger partial charge in [0.05, 0.1) is 17.3 Å². The Balaban J connectivity index is 1.75. The molecule has 1 aliphatic rings. The van der Waals surface area contributed by atoms with E-state index in [1.54, 1.807) is 12.3 Å². The quantitative estimate of drug-likeness (QED) is 0.419. The van der Waals surface area contributed by atoms with Crippen LogP contribution in [-0.2, 0) is 5.41 Å². The first-order valence-electron chi connectivity index (χ1n) is 9.13. The molecule has 0 saturated heterocycles. The molecule has 4 aromatic rings. The number of benzene rings is 3. The van der Waals surface area contributed by atoms with Crippen LogP contribution in [0.2, 0.25) is 0 Å². The SMILES string of the molecule is CC1(C)c2cc(-c3cc(C#N)ccn3)ccc2-c2ccc3ccccc3c21. The van der Waals surface area contributed by atoms with Gasteiger partial charge in [-0.2, -0.15) is 5.26 Å². The average Bonchev–Trinajstić information content (AvgIpc) is 2.95. The number of aromatic nitrogens is 1. The summed E-state index contributed by atoms with van der Waals surface area (Å²) in [5.74, 6) is 0. The van der Waals surface area contributed by atoms with E-state index in [1.165, 1.54) is 33.0 Å². The van der Waals surface area contributed by atoms with Crippen LogP contribution >= 0.6 is 0 Å². The summed E-state index contributed by atoms with van der Waals surface area (Å²) >= 11 is 0. The fourth-order valence-corrected chi connectivity index (χ4v) is 4.42. The number of nitriles is 1. The third kappa shape index (κ3) is 2.22. The second kappa shape index (κ2) is 5.53. The highest BCUT2D eigenvalue weighted by atomic mass is 14.7. The first-order valence-corrected chi connectivity index (χ1v) is 9.13. The average molecular weight is 346 g/mol. The molecule has 1 heterocycles. The van der Waals surface area contributed by atoms with E-state index in [0.717, 1.165) is 11.3 Å². The van der Waals surface area contributed by atoms with Gasteiger partial charge in [0.15, 0.2) is 0 Å². The molecule has 2 nitrogen and oxygen atoms in total. The molecule has 0 saturated carbocycles. The molecule has 0 fully saturated rings. The second-order valence-corrected chi connectivity index (χ2v) is 7.64. The smallest absolute Gasteiger partial charge is 0.0992 e. The zero-order valence-electron chi connectivity index (χ0n) is 15.3. The van der Waals surface area contributed by atoms with Gasteiger partial charge in [0.1, 0.15) is 0 Å². The maximum atomic E-state index is 9.19. The lowest BCUT2D eigenvalue weighted by Crippen LogP contribution is -2.15. The predicted octanol–water partition coefficient (Wildman–Crippen LogP) is 6.08. The van der Waals surface area contributed by atoms with E-state index < -0.39 is 0 Å². The van der Waals surface area contributed by atoms with Crippen molar-refractivity contribution in [1.29, 1.82) is 5.26 Å². The molecule has 0 aliphatic heterocycles. The highest BCUT2D eigenvalue weighted by Crippen LogP contribution is 2.51. The van der Waals surface area contributed by atoms with Crippen molar-refractivity contribution in [3.8, 4) is 28.5 Å². The van der Waals surface area contributed by atoms with Crippen LogP contribution in [0.15, 0.2) is 72.9 Å². The molecule has 5 rings (SSSR count). The molecule has 0 bridgehead atoms. The molecule has 27 heavy (non-hydrogen) atoms. The molecule has 0 N–H and O–H groups in total. The van der Waals surface area contributed by atoms with Crippen LogP contribution in [0.25, 0.3) is 33.2 Å². The van der Waals surface area contributed by atoms with Gasteiger partial charge in [-0.05, 0) is 51.2 Å². The standard InChI is InChI=1S/C25H18N2/c1-25(2)22-14-18(23-13-16(15-26)11-12-27-23)8-9-20(22)21-10-7-17-5-3-4-6-19(17)24(21)25/h3-14H,1-2H3. The van der Waals surface area contributed by atoms with Crippen LogP contribution in [0.1, 0.15) is 30.5 Å². The summed E-state index contributed by atoms with van der Waals surface area (Å²) in [4.78, 5) is 4.48. The van der Waals surface area contributed by atoms with Gasteiger partial charge in [0, 0.05) is 17.2 Å². The highest BCUT2D eigenvalue weighted by Gasteiger charge is 2.36. The summed E-state index contributed by atoms with van der Waals surface area (Å²) in [5, 5.41) is 11.8. The van der Waals surface area contributed by atoms with Gasteiger partial charge in [0.2, 0.25) is 0 Å². The van der Waals surface area contributed by atoms with Crippen molar-refractivity contribution < 1.29 is 0 Å². The van der Waals surface area contributed by atoms with Gasteiger partial charge >= 0.3 is 0 Å². The van der Waals surface area contributed by atoms with Crippen molar-refractivity contribution in [2.75, 3.05) is 0 Å². The van der Waals surface area contributed by atoms with Gasteiger partial charge < -0.3 is 0 Å². The molecule has 0 radical (unpaired) electrons. The van der Waals surface area contributed by atoms with Gasteiger partial charge in [-0.3, -0.25) is 4.98 Å². The van der Waals surface area contributed by atoms with Crippen molar-refractivity contribution in [2.24, 2.45) is 0 Å². The maximum Gasteiger partial charge on any atom is 0.0992 e. The van der Waals surface area contributed by atoms with Crippen LogP contribution in [0, 0.1) is 11.3 Å². The molecule has 1 aliphatic carbocycles. The third-order valence-electron chi connectivity index (χ3n) is 5.72. The monoisotopic (exact) mass is 346 g/mol. The van der Waals surface area contributed by atoms with Crippen molar-refractivity contribution in [3.05, 3.63) is 89.6 Å². The number of fused-ring (bicyclic) bond motifs is 5. The fourth-order valence-electron chi connectivity index (χ4n) is 4.42. The zero-order chi connectivity index (χ0) is 18.6. The summed E-state index contributed by atoms with van der Waals surface area (Å²) in [6, 6.07) is 25.4. The lowest BCUT2D eigenvalue weighted by Gasteiger charge is -2.23. The Morgan fingerprint density at radius 2 is 1.70 bits per heavy atom. The normalized spacial score (nSPS) is 13.8. The molecular formula is C25H18N2. The van der Waals surface area contributed by atoms with Gasteiger partial charge in [-0.1, -0.05) is 62.4 Å². The highest BCUT2D eigenvalue weighted by molar-refractivity contribution is 5.97. The van der Waals surface area contributed by atoms with Crippen LogP contribution < -0.4 is 0 Å². The third-order valence-corrected chi connectivity index (χ3v) is 5.72. The minimum atomic E-state index is -0.0889. The van der Waals surface area contributed by atoms with E-state index in [4.69, 9.17) is 0 Å². The molecule has 128 valence electrons. The Morgan fingerprint density at radius 3 is 2.56 bits per heavy atom. The Morgan fingerprint density at radius 1 is 0.889 bits per heavy atom. The van der Waals surface area contributed by atoms with Crippen LogP contribution in [0.5, 0.6) is 0 Å². The first kappa shape index (κ1) is 15.8. The van der Waals surface area contributed by atoms with Crippen LogP contribution in [0.4, 0.5) is 0 Å². The predicted molar refractivity (Wildman–Crippen MR) is 109 cm³/mol. The largest absolute Gasteiger partial charge is 0.256 e. The molecule has 3 aromatic carbocycles. The van der Waals surface area contributed by atoms with E-state index in [2.05, 4.69) is 79.5 Å². The summed E-state index contributed by atoms with van der Waals surface area (Å²) in [6.45, 7) is 4.60. The van der Waals surface area contributed by atoms with Crippen LogP contribution in [-0.4, -0.2) is 4.98 Å². The van der Waals surface area contributed by atoms with Gasteiger partial charge in [0.25, 0.3) is 0 Å². The number of rotatable bonds is 1. The van der Waals surface area contributed by atoms with Gasteiger partial charge in [-0.25, -0.2) is 0 Å². The lowest BCUT2D eigenvalue weighted by molar-refractivity contribution is 0.666. The first-order chi connectivity index (χ1) is 13.1. The molecule has 1 aromatic heterocycles. The van der Waals surface area contributed by atoms with Crippen molar-refractivity contribution in [2.45, 2.75) is 19.3 Å². The number of pyridine rings is 1. The van der Waals surface area contributed by atoms with Gasteiger partial charge in [-0.15, -0.1) is 0 Å². The molecule has 0 unspecified atom stereocenters. The Bertz CT molecular complexity index is 1260. The minimum Gasteiger partial charge on any atom is -0.256 e. The summed E-state index contributed by atoms with van der Waals surface area (Å²) in [5.41, 5.74) is 7.76.